The lowest BCUT2D eigenvalue weighted by Gasteiger charge is -2.28. The van der Waals surface area contributed by atoms with Crippen molar-refractivity contribution in [3.05, 3.63) is 47.0 Å². The Bertz CT molecular complexity index is 670. The molecule has 0 aliphatic rings. The van der Waals surface area contributed by atoms with Gasteiger partial charge in [0.1, 0.15) is 6.33 Å². The van der Waals surface area contributed by atoms with Crippen LogP contribution in [-0.4, -0.2) is 31.7 Å². The zero-order chi connectivity index (χ0) is 17.0. The van der Waals surface area contributed by atoms with Gasteiger partial charge in [0.2, 0.25) is 0 Å². The molecule has 6 nitrogen and oxygen atoms in total. The van der Waals surface area contributed by atoms with Crippen LogP contribution in [0.4, 0.5) is 4.79 Å². The fourth-order valence-electron chi connectivity index (χ4n) is 2.34. The molecule has 0 aliphatic heterocycles. The predicted octanol–water partition coefficient (Wildman–Crippen LogP) is 3.15. The van der Waals surface area contributed by atoms with Crippen molar-refractivity contribution >= 4 is 17.6 Å². The second kappa shape index (κ2) is 7.46. The van der Waals surface area contributed by atoms with Gasteiger partial charge in [-0.15, -0.1) is 10.2 Å². The van der Waals surface area contributed by atoms with Gasteiger partial charge in [0.05, 0.1) is 6.04 Å². The first-order chi connectivity index (χ1) is 10.9. The first-order valence-electron chi connectivity index (χ1n) is 7.54. The summed E-state index contributed by atoms with van der Waals surface area (Å²) in [6, 6.07) is 7.22. The summed E-state index contributed by atoms with van der Waals surface area (Å²) in [7, 11) is 1.85. The molecule has 0 saturated carbocycles. The Kier molecular flexibility index (Phi) is 5.60. The Hall–Kier alpha value is -2.08. The Morgan fingerprint density at radius 1 is 1.39 bits per heavy atom. The van der Waals surface area contributed by atoms with Crippen LogP contribution in [0.2, 0.25) is 5.02 Å². The molecule has 1 aromatic heterocycles. The van der Waals surface area contributed by atoms with Gasteiger partial charge in [-0.1, -0.05) is 23.7 Å². The molecular formula is C16H22ClN5O. The van der Waals surface area contributed by atoms with Gasteiger partial charge in [-0.3, -0.25) is 0 Å². The Balaban J connectivity index is 2.08. The minimum atomic E-state index is -0.226. The van der Waals surface area contributed by atoms with E-state index in [1.54, 1.807) is 15.8 Å². The van der Waals surface area contributed by atoms with Crippen molar-refractivity contribution in [1.29, 1.82) is 0 Å². The molecule has 2 aromatic rings. The maximum Gasteiger partial charge on any atom is 0.318 e. The smallest absolute Gasteiger partial charge is 0.318 e. The standard InChI is InChI=1S/C16H22ClN5O/c1-11(2)22(9-13-6-5-7-14(17)8-13)16(23)19-12(3)15-20-18-10-21(15)4/h5-8,10-12H,9H2,1-4H3,(H,19,23)/t12-/m1/s1. The number of amides is 2. The van der Waals surface area contributed by atoms with Gasteiger partial charge in [-0.05, 0) is 38.5 Å². The van der Waals surface area contributed by atoms with E-state index < -0.39 is 0 Å². The molecule has 124 valence electrons. The number of nitrogens with one attached hydrogen (secondary N) is 1. The van der Waals surface area contributed by atoms with Gasteiger partial charge in [0.15, 0.2) is 5.82 Å². The monoisotopic (exact) mass is 335 g/mol. The number of nitrogens with zero attached hydrogens (tertiary/aromatic N) is 4. The molecule has 23 heavy (non-hydrogen) atoms. The van der Waals surface area contributed by atoms with Crippen LogP contribution in [0.15, 0.2) is 30.6 Å². The highest BCUT2D eigenvalue weighted by molar-refractivity contribution is 6.30. The topological polar surface area (TPSA) is 63.1 Å². The summed E-state index contributed by atoms with van der Waals surface area (Å²) in [4.78, 5) is 14.4. The maximum atomic E-state index is 12.6. The number of hydrogen-bond donors (Lipinski definition) is 1. The molecule has 1 atom stereocenters. The third-order valence-electron chi connectivity index (χ3n) is 3.60. The van der Waals surface area contributed by atoms with Crippen molar-refractivity contribution in [2.45, 2.75) is 39.4 Å². The SMILES string of the molecule is CC(C)N(Cc1cccc(Cl)c1)C(=O)N[C@H](C)c1nncn1C. The summed E-state index contributed by atoms with van der Waals surface area (Å²) < 4.78 is 1.79. The Labute approximate surface area is 141 Å². The lowest BCUT2D eigenvalue weighted by Crippen LogP contribution is -2.44. The average molecular weight is 336 g/mol. The molecule has 0 bridgehead atoms. The molecule has 1 N–H and O–H groups in total. The average Bonchev–Trinajstić information content (AvgIpc) is 2.90. The molecule has 7 heteroatoms. The van der Waals surface area contributed by atoms with Crippen LogP contribution in [0, 0.1) is 0 Å². The number of aryl methyl sites for hydroxylation is 1. The molecule has 2 amide bonds. The van der Waals surface area contributed by atoms with E-state index in [2.05, 4.69) is 15.5 Å². The van der Waals surface area contributed by atoms with Crippen molar-refractivity contribution in [3.63, 3.8) is 0 Å². The predicted molar refractivity (Wildman–Crippen MR) is 90.1 cm³/mol. The molecule has 2 rings (SSSR count). The summed E-state index contributed by atoms with van der Waals surface area (Å²) in [5.41, 5.74) is 0.993. The molecule has 1 heterocycles. The summed E-state index contributed by atoms with van der Waals surface area (Å²) >= 11 is 6.02. The normalized spacial score (nSPS) is 12.3. The molecule has 1 aromatic carbocycles. The number of urea groups is 1. The summed E-state index contributed by atoms with van der Waals surface area (Å²) in [5.74, 6) is 0.713. The maximum absolute atomic E-state index is 12.6. The highest BCUT2D eigenvalue weighted by Crippen LogP contribution is 2.15. The van der Waals surface area contributed by atoms with Gasteiger partial charge in [0.25, 0.3) is 0 Å². The van der Waals surface area contributed by atoms with E-state index in [9.17, 15) is 4.79 Å². The van der Waals surface area contributed by atoms with E-state index in [-0.39, 0.29) is 18.1 Å². The first kappa shape index (κ1) is 17.3. The third-order valence-corrected chi connectivity index (χ3v) is 3.83. The highest BCUT2D eigenvalue weighted by atomic mass is 35.5. The van der Waals surface area contributed by atoms with E-state index >= 15 is 0 Å². The van der Waals surface area contributed by atoms with E-state index in [4.69, 9.17) is 11.6 Å². The molecule has 0 radical (unpaired) electrons. The molecule has 0 spiro atoms. The minimum Gasteiger partial charge on any atom is -0.328 e. The van der Waals surface area contributed by atoms with Crippen LogP contribution < -0.4 is 5.32 Å². The fourth-order valence-corrected chi connectivity index (χ4v) is 2.55. The molecular weight excluding hydrogens is 314 g/mol. The van der Waals surface area contributed by atoms with Crippen LogP contribution in [0.25, 0.3) is 0 Å². The number of rotatable bonds is 5. The van der Waals surface area contributed by atoms with Gasteiger partial charge in [0, 0.05) is 24.7 Å². The molecule has 0 fully saturated rings. The quantitative estimate of drug-likeness (QED) is 0.913. The van der Waals surface area contributed by atoms with Crippen molar-refractivity contribution < 1.29 is 4.79 Å². The van der Waals surface area contributed by atoms with Crippen LogP contribution >= 0.6 is 11.6 Å². The number of carbonyl (C=O) groups excluding carboxylic acids is 1. The Morgan fingerprint density at radius 2 is 2.13 bits per heavy atom. The van der Waals surface area contributed by atoms with Crippen LogP contribution in [0.3, 0.4) is 0 Å². The second-order valence-corrected chi connectivity index (χ2v) is 6.26. The zero-order valence-corrected chi connectivity index (χ0v) is 14.6. The van der Waals surface area contributed by atoms with E-state index in [1.165, 1.54) is 0 Å². The van der Waals surface area contributed by atoms with Crippen LogP contribution in [-0.2, 0) is 13.6 Å². The highest BCUT2D eigenvalue weighted by Gasteiger charge is 2.21. The Morgan fingerprint density at radius 3 is 2.70 bits per heavy atom. The van der Waals surface area contributed by atoms with E-state index in [0.717, 1.165) is 5.56 Å². The van der Waals surface area contributed by atoms with Crippen molar-refractivity contribution in [2.24, 2.45) is 7.05 Å². The first-order valence-corrected chi connectivity index (χ1v) is 7.91. The molecule has 0 aliphatic carbocycles. The number of benzene rings is 1. The third kappa shape index (κ3) is 4.45. The van der Waals surface area contributed by atoms with Crippen molar-refractivity contribution in [2.75, 3.05) is 0 Å². The number of carbonyl (C=O) groups is 1. The largest absolute Gasteiger partial charge is 0.328 e. The van der Waals surface area contributed by atoms with Gasteiger partial charge in [-0.25, -0.2) is 4.79 Å². The number of halogens is 1. The fraction of sp³-hybridized carbons (Fsp3) is 0.438. The lowest BCUT2D eigenvalue weighted by molar-refractivity contribution is 0.176. The second-order valence-electron chi connectivity index (χ2n) is 5.82. The van der Waals surface area contributed by atoms with E-state index in [1.807, 2.05) is 52.1 Å². The molecule has 0 saturated heterocycles. The van der Waals surface area contributed by atoms with Gasteiger partial charge < -0.3 is 14.8 Å². The van der Waals surface area contributed by atoms with Gasteiger partial charge >= 0.3 is 6.03 Å². The van der Waals surface area contributed by atoms with Gasteiger partial charge in [-0.2, -0.15) is 0 Å². The lowest BCUT2D eigenvalue weighted by atomic mass is 10.2. The zero-order valence-electron chi connectivity index (χ0n) is 13.8. The van der Waals surface area contributed by atoms with Crippen LogP contribution in [0.5, 0.6) is 0 Å². The van der Waals surface area contributed by atoms with E-state index in [0.29, 0.717) is 17.4 Å². The van der Waals surface area contributed by atoms with Crippen molar-refractivity contribution in [1.82, 2.24) is 25.0 Å². The number of hydrogen-bond acceptors (Lipinski definition) is 3. The molecule has 0 unspecified atom stereocenters. The summed E-state index contributed by atoms with van der Waals surface area (Å²) in [6.07, 6.45) is 1.62. The summed E-state index contributed by atoms with van der Waals surface area (Å²) in [6.45, 7) is 6.35. The minimum absolute atomic E-state index is 0.0562. The summed E-state index contributed by atoms with van der Waals surface area (Å²) in [5, 5.41) is 11.5. The van der Waals surface area contributed by atoms with Crippen LogP contribution in [0.1, 0.15) is 38.2 Å². The number of aromatic nitrogens is 3. The van der Waals surface area contributed by atoms with Crippen molar-refractivity contribution in [3.8, 4) is 0 Å².